The van der Waals surface area contributed by atoms with Crippen molar-refractivity contribution in [2.75, 3.05) is 19.0 Å². The van der Waals surface area contributed by atoms with Gasteiger partial charge in [0.2, 0.25) is 0 Å². The van der Waals surface area contributed by atoms with E-state index in [4.69, 9.17) is 0 Å². The molecule has 0 radical (unpaired) electrons. The quantitative estimate of drug-likeness (QED) is 0.806. The van der Waals surface area contributed by atoms with Crippen LogP contribution in [0.2, 0.25) is 0 Å². The molecule has 2 fully saturated rings. The number of nitrogens with zero attached hydrogens (tertiary/aromatic N) is 2. The molecule has 4 nitrogen and oxygen atoms in total. The summed E-state index contributed by atoms with van der Waals surface area (Å²) in [5.74, 6) is 2.49. The number of benzene rings is 1. The maximum atomic E-state index is 11.0. The zero-order valence-corrected chi connectivity index (χ0v) is 15.0. The number of rotatable bonds is 5. The Bertz CT molecular complexity index is 693. The zero-order valence-electron chi connectivity index (χ0n) is 14.2. The fourth-order valence-electron chi connectivity index (χ4n) is 4.40. The van der Waals surface area contributed by atoms with Crippen LogP contribution in [0, 0.1) is 11.8 Å². The zero-order chi connectivity index (χ0) is 17.3. The van der Waals surface area contributed by atoms with Gasteiger partial charge in [-0.25, -0.2) is 0 Å². The number of phenols is 1. The summed E-state index contributed by atoms with van der Waals surface area (Å²) in [4.78, 5) is 7.74. The van der Waals surface area contributed by atoms with Crippen LogP contribution in [0.5, 0.6) is 5.75 Å². The minimum Gasteiger partial charge on any atom is -0.508 e. The minimum atomic E-state index is -0.549. The Morgan fingerprint density at radius 1 is 1.04 bits per heavy atom. The Balaban J connectivity index is 1.29. The SMILES string of the molecule is Oc1ccc(SCN2C[C@@H]3C[C@@](O)(Cc4ccncc4)C[C@@H]3C2)cc1. The van der Waals surface area contributed by atoms with Gasteiger partial charge in [-0.2, -0.15) is 0 Å². The number of aliphatic hydroxyl groups is 1. The summed E-state index contributed by atoms with van der Waals surface area (Å²) in [5.41, 5.74) is 0.629. The van der Waals surface area contributed by atoms with Crippen LogP contribution in [0.4, 0.5) is 0 Å². The maximum Gasteiger partial charge on any atom is 0.115 e. The summed E-state index contributed by atoms with van der Waals surface area (Å²) in [5, 5.41) is 20.4. The number of pyridine rings is 1. The molecule has 132 valence electrons. The van der Waals surface area contributed by atoms with Crippen LogP contribution in [-0.2, 0) is 6.42 Å². The van der Waals surface area contributed by atoms with Crippen LogP contribution >= 0.6 is 11.8 Å². The first-order valence-corrected chi connectivity index (χ1v) is 9.84. The fourth-order valence-corrected chi connectivity index (χ4v) is 5.27. The summed E-state index contributed by atoms with van der Waals surface area (Å²) in [6.07, 6.45) is 6.15. The van der Waals surface area contributed by atoms with Crippen LogP contribution in [-0.4, -0.2) is 44.7 Å². The minimum absolute atomic E-state index is 0.313. The number of likely N-dealkylation sites (tertiary alicyclic amines) is 1. The molecule has 0 bridgehead atoms. The van der Waals surface area contributed by atoms with E-state index in [9.17, 15) is 10.2 Å². The van der Waals surface area contributed by atoms with E-state index in [0.29, 0.717) is 17.6 Å². The molecule has 1 saturated heterocycles. The highest BCUT2D eigenvalue weighted by Gasteiger charge is 2.47. The van der Waals surface area contributed by atoms with Crippen LogP contribution in [0.25, 0.3) is 0 Å². The molecule has 0 unspecified atom stereocenters. The van der Waals surface area contributed by atoms with Crippen LogP contribution in [0.15, 0.2) is 53.7 Å². The van der Waals surface area contributed by atoms with Gasteiger partial charge in [-0.1, -0.05) is 0 Å². The molecule has 0 spiro atoms. The average Bonchev–Trinajstić information content (AvgIpc) is 3.09. The van der Waals surface area contributed by atoms with Gasteiger partial charge in [0.05, 0.1) is 5.60 Å². The molecule has 3 atom stereocenters. The third kappa shape index (κ3) is 4.00. The molecule has 2 aromatic rings. The second-order valence-electron chi connectivity index (χ2n) is 7.49. The molecule has 1 aliphatic heterocycles. The van der Waals surface area contributed by atoms with Gasteiger partial charge in [-0.3, -0.25) is 9.88 Å². The van der Waals surface area contributed by atoms with E-state index in [2.05, 4.69) is 9.88 Å². The van der Waals surface area contributed by atoms with Crippen molar-refractivity contribution in [3.8, 4) is 5.75 Å². The summed E-state index contributed by atoms with van der Waals surface area (Å²) >= 11 is 1.81. The van der Waals surface area contributed by atoms with E-state index in [1.807, 2.05) is 36.0 Å². The molecular weight excluding hydrogens is 332 g/mol. The van der Waals surface area contributed by atoms with Crippen molar-refractivity contribution in [1.29, 1.82) is 0 Å². The lowest BCUT2D eigenvalue weighted by atomic mass is 9.92. The molecule has 1 aliphatic carbocycles. The molecule has 1 aromatic carbocycles. The molecule has 5 heteroatoms. The van der Waals surface area contributed by atoms with Crippen molar-refractivity contribution in [3.63, 3.8) is 0 Å². The van der Waals surface area contributed by atoms with E-state index in [1.54, 1.807) is 24.5 Å². The van der Waals surface area contributed by atoms with Gasteiger partial charge in [-0.15, -0.1) is 11.8 Å². The van der Waals surface area contributed by atoms with Gasteiger partial charge < -0.3 is 10.2 Å². The topological polar surface area (TPSA) is 56.6 Å². The van der Waals surface area contributed by atoms with E-state index in [-0.39, 0.29) is 0 Å². The number of phenolic OH excluding ortho intramolecular Hbond substituents is 1. The van der Waals surface area contributed by atoms with Crippen LogP contribution < -0.4 is 0 Å². The van der Waals surface area contributed by atoms with Gasteiger partial charge >= 0.3 is 0 Å². The normalized spacial score (nSPS) is 29.0. The number of hydrogen-bond donors (Lipinski definition) is 2. The Morgan fingerprint density at radius 3 is 2.32 bits per heavy atom. The highest BCUT2D eigenvalue weighted by Crippen LogP contribution is 2.45. The molecule has 2 N–H and O–H groups in total. The van der Waals surface area contributed by atoms with Crippen LogP contribution in [0.3, 0.4) is 0 Å². The fraction of sp³-hybridized carbons (Fsp3) is 0.450. The predicted octanol–water partition coefficient (Wildman–Crippen LogP) is 3.15. The van der Waals surface area contributed by atoms with Crippen molar-refractivity contribution in [2.45, 2.75) is 29.8 Å². The molecule has 25 heavy (non-hydrogen) atoms. The maximum absolute atomic E-state index is 11.0. The van der Waals surface area contributed by atoms with E-state index in [1.165, 1.54) is 10.5 Å². The molecule has 2 heterocycles. The molecule has 2 aliphatic rings. The monoisotopic (exact) mass is 356 g/mol. The van der Waals surface area contributed by atoms with Crippen LogP contribution in [0.1, 0.15) is 18.4 Å². The molecule has 1 aromatic heterocycles. The first-order chi connectivity index (χ1) is 12.1. The van der Waals surface area contributed by atoms with E-state index >= 15 is 0 Å². The second kappa shape index (κ2) is 6.98. The summed E-state index contributed by atoms with van der Waals surface area (Å²) in [6.45, 7) is 2.16. The third-order valence-electron chi connectivity index (χ3n) is 5.47. The number of aromatic nitrogens is 1. The standard InChI is InChI=1S/C20H24N2O2S/c23-18-1-3-19(4-2-18)25-14-22-12-16-10-20(24,11-17(16)13-22)9-15-5-7-21-8-6-15/h1-8,16-17,23-24H,9-14H2/t16-,17+,20-. The highest BCUT2D eigenvalue weighted by molar-refractivity contribution is 7.99. The Labute approximate surface area is 152 Å². The van der Waals surface area contributed by atoms with Gasteiger partial charge in [0.25, 0.3) is 0 Å². The van der Waals surface area contributed by atoms with Crippen molar-refractivity contribution < 1.29 is 10.2 Å². The molecule has 0 amide bonds. The summed E-state index contributed by atoms with van der Waals surface area (Å²) in [7, 11) is 0. The molecular formula is C20H24N2O2S. The lowest BCUT2D eigenvalue weighted by Gasteiger charge is -2.26. The Hall–Kier alpha value is -1.56. The largest absolute Gasteiger partial charge is 0.508 e. The number of thioether (sulfide) groups is 1. The first kappa shape index (κ1) is 16.9. The van der Waals surface area contributed by atoms with Crippen molar-refractivity contribution in [2.24, 2.45) is 11.8 Å². The molecule has 4 rings (SSSR count). The summed E-state index contributed by atoms with van der Waals surface area (Å²) < 4.78 is 0. The first-order valence-electron chi connectivity index (χ1n) is 8.85. The number of hydrogen-bond acceptors (Lipinski definition) is 5. The lowest BCUT2D eigenvalue weighted by Crippen LogP contribution is -2.32. The van der Waals surface area contributed by atoms with Gasteiger partial charge in [0.15, 0.2) is 0 Å². The van der Waals surface area contributed by atoms with E-state index in [0.717, 1.165) is 38.2 Å². The van der Waals surface area contributed by atoms with Crippen molar-refractivity contribution >= 4 is 11.8 Å². The second-order valence-corrected chi connectivity index (χ2v) is 8.51. The Kier molecular flexibility index (Phi) is 4.71. The van der Waals surface area contributed by atoms with Crippen molar-refractivity contribution in [3.05, 3.63) is 54.4 Å². The van der Waals surface area contributed by atoms with Gasteiger partial charge in [-0.05, 0) is 66.6 Å². The Morgan fingerprint density at radius 2 is 1.68 bits per heavy atom. The molecule has 1 saturated carbocycles. The smallest absolute Gasteiger partial charge is 0.115 e. The van der Waals surface area contributed by atoms with Gasteiger partial charge in [0.1, 0.15) is 5.75 Å². The van der Waals surface area contributed by atoms with Gasteiger partial charge in [0, 0.05) is 42.7 Å². The lowest BCUT2D eigenvalue weighted by molar-refractivity contribution is 0.0362. The van der Waals surface area contributed by atoms with E-state index < -0.39 is 5.60 Å². The third-order valence-corrected chi connectivity index (χ3v) is 6.57. The predicted molar refractivity (Wildman–Crippen MR) is 99.5 cm³/mol. The average molecular weight is 356 g/mol. The summed E-state index contributed by atoms with van der Waals surface area (Å²) in [6, 6.07) is 11.4. The number of aromatic hydroxyl groups is 1. The highest BCUT2D eigenvalue weighted by atomic mass is 32.2. The van der Waals surface area contributed by atoms with Crippen molar-refractivity contribution in [1.82, 2.24) is 9.88 Å². The number of fused-ring (bicyclic) bond motifs is 1.